The number of quaternary nitrogens is 1. The van der Waals surface area contributed by atoms with E-state index >= 15 is 0 Å². The number of hydrogen-bond acceptors (Lipinski definition) is 7. The van der Waals surface area contributed by atoms with Crippen molar-refractivity contribution in [2.45, 2.75) is 12.7 Å². The molecule has 0 saturated carbocycles. The normalized spacial score (nSPS) is 11.1. The highest BCUT2D eigenvalue weighted by molar-refractivity contribution is 7.11. The number of H-pyrrole nitrogens is 1. The Hall–Kier alpha value is -4.55. The van der Waals surface area contributed by atoms with Gasteiger partial charge >= 0.3 is 6.18 Å². The number of alkyl halides is 3. The number of nitrogens with zero attached hydrogens (tertiary/aromatic N) is 2. The van der Waals surface area contributed by atoms with E-state index in [1.165, 1.54) is 11.3 Å². The van der Waals surface area contributed by atoms with E-state index in [9.17, 15) is 18.0 Å². The average Bonchev–Trinajstić information content (AvgIpc) is 3.42. The SMILES string of the molecule is COc1nc(-c2c[nH]c(=O)c3cc(-c4ccccc4)c(-c4ccc(C[NH3+])cc4)nc23)cs1.O=C([O-])C(F)(F)F. The zero-order valence-corrected chi connectivity index (χ0v) is 21.2. The Morgan fingerprint density at radius 3 is 2.28 bits per heavy atom. The maximum atomic E-state index is 12.8. The Morgan fingerprint density at radius 1 is 1.05 bits per heavy atom. The van der Waals surface area contributed by atoms with Crippen LogP contribution < -0.4 is 21.1 Å². The number of fused-ring (bicyclic) bond motifs is 1. The van der Waals surface area contributed by atoms with Gasteiger partial charge < -0.3 is 25.4 Å². The molecule has 8 nitrogen and oxygen atoms in total. The van der Waals surface area contributed by atoms with Crippen molar-refractivity contribution in [3.8, 4) is 38.8 Å². The van der Waals surface area contributed by atoms with E-state index in [1.807, 2.05) is 41.8 Å². The monoisotopic (exact) mass is 554 g/mol. The largest absolute Gasteiger partial charge is 0.542 e. The van der Waals surface area contributed by atoms with Crippen LogP contribution in [0.4, 0.5) is 13.2 Å². The highest BCUT2D eigenvalue weighted by Gasteiger charge is 2.28. The predicted molar refractivity (Wildman–Crippen MR) is 139 cm³/mol. The van der Waals surface area contributed by atoms with Crippen molar-refractivity contribution in [2.24, 2.45) is 0 Å². The Bertz CT molecular complexity index is 1670. The summed E-state index contributed by atoms with van der Waals surface area (Å²) in [7, 11) is 1.59. The van der Waals surface area contributed by atoms with Crippen LogP contribution in [0, 0.1) is 0 Å². The predicted octanol–water partition coefficient (Wildman–Crippen LogP) is 3.43. The quantitative estimate of drug-likeness (QED) is 0.342. The first-order valence-corrected chi connectivity index (χ1v) is 12.3. The molecule has 5 aromatic rings. The number of carbonyl (C=O) groups is 1. The second-order valence-electron chi connectivity index (χ2n) is 8.11. The van der Waals surface area contributed by atoms with Gasteiger partial charge in [-0.05, 0) is 11.6 Å². The van der Waals surface area contributed by atoms with Crippen molar-refractivity contribution >= 4 is 28.2 Å². The molecular weight excluding hydrogens is 533 g/mol. The van der Waals surface area contributed by atoms with E-state index in [4.69, 9.17) is 19.6 Å². The molecule has 12 heteroatoms. The number of nitrogens with one attached hydrogen (secondary N) is 1. The highest BCUT2D eigenvalue weighted by Crippen LogP contribution is 2.36. The lowest BCUT2D eigenvalue weighted by Gasteiger charge is -2.13. The van der Waals surface area contributed by atoms with Crippen LogP contribution in [-0.2, 0) is 11.3 Å². The molecule has 0 atom stereocenters. The summed E-state index contributed by atoms with van der Waals surface area (Å²) < 4.78 is 36.8. The summed E-state index contributed by atoms with van der Waals surface area (Å²) in [5.41, 5.74) is 10.7. The van der Waals surface area contributed by atoms with E-state index in [0.29, 0.717) is 21.8 Å². The lowest BCUT2D eigenvalue weighted by molar-refractivity contribution is -0.386. The average molecular weight is 555 g/mol. The Balaban J connectivity index is 0.000000448. The van der Waals surface area contributed by atoms with Crippen molar-refractivity contribution in [2.75, 3.05) is 7.11 Å². The summed E-state index contributed by atoms with van der Waals surface area (Å²) in [4.78, 5) is 34.0. The number of benzene rings is 2. The Kier molecular flexibility index (Phi) is 8.07. The molecule has 0 aliphatic carbocycles. The van der Waals surface area contributed by atoms with Gasteiger partial charge in [0.1, 0.15) is 5.97 Å². The first-order chi connectivity index (χ1) is 18.6. The van der Waals surface area contributed by atoms with Crippen LogP contribution in [0.15, 0.2) is 77.0 Å². The van der Waals surface area contributed by atoms with Crippen LogP contribution in [0.25, 0.3) is 44.5 Å². The van der Waals surface area contributed by atoms with Crippen LogP contribution in [0.2, 0.25) is 0 Å². The van der Waals surface area contributed by atoms with Crippen LogP contribution in [0.1, 0.15) is 5.56 Å². The topological polar surface area (TPSA) is 136 Å². The number of aliphatic carboxylic acids is 1. The van der Waals surface area contributed by atoms with Crippen LogP contribution in [0.3, 0.4) is 0 Å². The Labute approximate surface area is 223 Å². The molecular formula is C27H21F3N4O4S. The minimum atomic E-state index is -5.19. The number of aromatic amines is 1. The lowest BCUT2D eigenvalue weighted by Crippen LogP contribution is -2.47. The fourth-order valence-corrected chi connectivity index (χ4v) is 4.37. The Morgan fingerprint density at radius 2 is 1.72 bits per heavy atom. The van der Waals surface area contributed by atoms with Gasteiger partial charge in [-0.25, -0.2) is 9.97 Å². The summed E-state index contributed by atoms with van der Waals surface area (Å²) in [6.07, 6.45) is -3.52. The van der Waals surface area contributed by atoms with Crippen molar-refractivity contribution in [1.29, 1.82) is 0 Å². The molecule has 39 heavy (non-hydrogen) atoms. The number of aromatic nitrogens is 3. The lowest BCUT2D eigenvalue weighted by atomic mass is 9.96. The van der Waals surface area contributed by atoms with E-state index in [0.717, 1.165) is 40.1 Å². The number of rotatable bonds is 5. The number of carboxylic acids is 1. The van der Waals surface area contributed by atoms with Crippen LogP contribution in [0.5, 0.6) is 5.19 Å². The number of carbonyl (C=O) groups excluding carboxylic acids is 1. The molecule has 5 rings (SSSR count). The molecule has 0 bridgehead atoms. The number of thiazole rings is 1. The van der Waals surface area contributed by atoms with Gasteiger partial charge in [0, 0.05) is 33.8 Å². The van der Waals surface area contributed by atoms with Gasteiger partial charge in [0.15, 0.2) is 0 Å². The number of hydrogen-bond donors (Lipinski definition) is 2. The molecule has 0 spiro atoms. The summed E-state index contributed by atoms with van der Waals surface area (Å²) in [6, 6.07) is 20.2. The molecule has 2 aromatic carbocycles. The number of methoxy groups -OCH3 is 1. The molecule has 0 aliphatic heterocycles. The third kappa shape index (κ3) is 6.13. The highest BCUT2D eigenvalue weighted by atomic mass is 32.1. The number of halogens is 3. The molecule has 0 unspecified atom stereocenters. The molecule has 3 aromatic heterocycles. The summed E-state index contributed by atoms with van der Waals surface area (Å²) >= 11 is 1.40. The standard InChI is InChI=1S/C25H20N4O2S.C2HF3O2/c1-31-25-28-21(14-32-25)20-13-27-24(30)19-11-18(16-5-3-2-4-6-16)22(29-23(19)20)17-9-7-15(12-26)8-10-17;3-2(4,5)1(6)7/h2-11,13-14H,12,26H2,1H3,(H,27,30);(H,6,7). The molecule has 0 fully saturated rings. The fourth-order valence-electron chi connectivity index (χ4n) is 3.73. The van der Waals surface area contributed by atoms with Crippen LogP contribution in [-0.4, -0.2) is 34.2 Å². The van der Waals surface area contributed by atoms with E-state index in [1.54, 1.807) is 13.3 Å². The maximum absolute atomic E-state index is 12.8. The smallest absolute Gasteiger partial charge is 0.430 e. The third-order valence-corrected chi connectivity index (χ3v) is 6.44. The molecule has 4 N–H and O–H groups in total. The van der Waals surface area contributed by atoms with E-state index in [-0.39, 0.29) is 5.56 Å². The van der Waals surface area contributed by atoms with Gasteiger partial charge in [0.05, 0.1) is 35.9 Å². The summed E-state index contributed by atoms with van der Waals surface area (Å²) in [6.45, 7) is 0.724. The summed E-state index contributed by atoms with van der Waals surface area (Å²) in [5.74, 6) is -3.01. The van der Waals surface area contributed by atoms with Gasteiger partial charge in [-0.1, -0.05) is 65.9 Å². The molecule has 0 aliphatic rings. The van der Waals surface area contributed by atoms with Gasteiger partial charge in [0.2, 0.25) is 0 Å². The second-order valence-corrected chi connectivity index (χ2v) is 8.93. The zero-order chi connectivity index (χ0) is 28.2. The first kappa shape index (κ1) is 27.5. The van der Waals surface area contributed by atoms with Gasteiger partial charge in [-0.2, -0.15) is 13.2 Å². The van der Waals surface area contributed by atoms with Gasteiger partial charge in [0.25, 0.3) is 10.8 Å². The maximum Gasteiger partial charge on any atom is 0.430 e. The van der Waals surface area contributed by atoms with E-state index < -0.39 is 12.1 Å². The molecule has 0 saturated heterocycles. The number of ether oxygens (including phenoxy) is 1. The van der Waals surface area contributed by atoms with Gasteiger partial charge in [-0.15, -0.1) is 0 Å². The minimum Gasteiger partial charge on any atom is -0.542 e. The minimum absolute atomic E-state index is 0.186. The van der Waals surface area contributed by atoms with E-state index in [2.05, 4.69) is 40.0 Å². The molecule has 0 amide bonds. The molecule has 3 heterocycles. The summed E-state index contributed by atoms with van der Waals surface area (Å²) in [5, 5.41) is 11.8. The van der Waals surface area contributed by atoms with Crippen molar-refractivity contribution in [3.63, 3.8) is 0 Å². The molecule has 0 radical (unpaired) electrons. The van der Waals surface area contributed by atoms with Crippen molar-refractivity contribution in [1.82, 2.24) is 15.0 Å². The first-order valence-electron chi connectivity index (χ1n) is 11.4. The zero-order valence-electron chi connectivity index (χ0n) is 20.4. The van der Waals surface area contributed by atoms with Gasteiger partial charge in [-0.3, -0.25) is 4.79 Å². The fraction of sp³-hybridized carbons (Fsp3) is 0.111. The molecule has 200 valence electrons. The number of carboxylic acid groups (broad SMARTS) is 1. The third-order valence-electron chi connectivity index (χ3n) is 5.64. The number of pyridine rings is 2. The van der Waals surface area contributed by atoms with Crippen LogP contribution >= 0.6 is 11.3 Å². The second kappa shape index (κ2) is 11.5. The van der Waals surface area contributed by atoms with Crippen molar-refractivity contribution in [3.05, 3.63) is 88.2 Å². The van der Waals surface area contributed by atoms with Crippen molar-refractivity contribution < 1.29 is 33.5 Å².